The SMILES string of the molecule is COc1ccc(C(OCCN)C2CC2)c(C)c1C. The second-order valence-corrected chi connectivity index (χ2v) is 5.02. The fraction of sp³-hybridized carbons (Fsp3) is 0.600. The van der Waals surface area contributed by atoms with Gasteiger partial charge >= 0.3 is 0 Å². The molecule has 1 atom stereocenters. The summed E-state index contributed by atoms with van der Waals surface area (Å²) < 4.78 is 11.3. The lowest BCUT2D eigenvalue weighted by Gasteiger charge is -2.21. The van der Waals surface area contributed by atoms with Crippen LogP contribution in [0.4, 0.5) is 0 Å². The highest BCUT2D eigenvalue weighted by Crippen LogP contribution is 2.45. The van der Waals surface area contributed by atoms with E-state index in [1.807, 2.05) is 6.07 Å². The lowest BCUT2D eigenvalue weighted by atomic mass is 9.96. The van der Waals surface area contributed by atoms with E-state index in [1.54, 1.807) is 7.11 Å². The zero-order chi connectivity index (χ0) is 13.1. The topological polar surface area (TPSA) is 44.5 Å². The van der Waals surface area contributed by atoms with Crippen LogP contribution in [0, 0.1) is 19.8 Å². The molecule has 1 aliphatic rings. The number of benzene rings is 1. The lowest BCUT2D eigenvalue weighted by molar-refractivity contribution is 0.0419. The third-order valence-electron chi connectivity index (χ3n) is 3.77. The first-order valence-corrected chi connectivity index (χ1v) is 6.64. The summed E-state index contributed by atoms with van der Waals surface area (Å²) in [7, 11) is 1.71. The van der Waals surface area contributed by atoms with Crippen molar-refractivity contribution in [2.75, 3.05) is 20.3 Å². The van der Waals surface area contributed by atoms with Gasteiger partial charge in [0.25, 0.3) is 0 Å². The number of hydrogen-bond donors (Lipinski definition) is 1. The highest BCUT2D eigenvalue weighted by atomic mass is 16.5. The molecule has 0 aromatic heterocycles. The second-order valence-electron chi connectivity index (χ2n) is 5.02. The van der Waals surface area contributed by atoms with E-state index < -0.39 is 0 Å². The Balaban J connectivity index is 2.27. The molecule has 0 saturated heterocycles. The molecule has 1 aromatic rings. The molecule has 3 nitrogen and oxygen atoms in total. The molecule has 1 aliphatic carbocycles. The van der Waals surface area contributed by atoms with Gasteiger partial charge in [0.1, 0.15) is 5.75 Å². The van der Waals surface area contributed by atoms with Crippen molar-refractivity contribution in [1.82, 2.24) is 0 Å². The summed E-state index contributed by atoms with van der Waals surface area (Å²) in [6.45, 7) is 5.46. The molecule has 0 radical (unpaired) electrons. The molecular formula is C15H23NO2. The Hall–Kier alpha value is -1.06. The summed E-state index contributed by atoms with van der Waals surface area (Å²) in [5, 5.41) is 0. The minimum atomic E-state index is 0.207. The number of methoxy groups -OCH3 is 1. The van der Waals surface area contributed by atoms with Gasteiger partial charge in [-0.2, -0.15) is 0 Å². The highest BCUT2D eigenvalue weighted by Gasteiger charge is 2.34. The Morgan fingerprint density at radius 2 is 2.00 bits per heavy atom. The molecule has 0 spiro atoms. The van der Waals surface area contributed by atoms with Gasteiger partial charge in [-0.1, -0.05) is 6.07 Å². The largest absolute Gasteiger partial charge is 0.496 e. The van der Waals surface area contributed by atoms with Crippen LogP contribution >= 0.6 is 0 Å². The maximum Gasteiger partial charge on any atom is 0.122 e. The van der Waals surface area contributed by atoms with Crippen molar-refractivity contribution in [3.8, 4) is 5.75 Å². The van der Waals surface area contributed by atoms with Gasteiger partial charge in [-0.05, 0) is 55.4 Å². The summed E-state index contributed by atoms with van der Waals surface area (Å²) >= 11 is 0. The summed E-state index contributed by atoms with van der Waals surface area (Å²) in [4.78, 5) is 0. The molecule has 100 valence electrons. The third kappa shape index (κ3) is 2.68. The normalized spacial score (nSPS) is 16.7. The van der Waals surface area contributed by atoms with E-state index in [9.17, 15) is 0 Å². The zero-order valence-electron chi connectivity index (χ0n) is 11.5. The van der Waals surface area contributed by atoms with Crippen molar-refractivity contribution in [3.05, 3.63) is 28.8 Å². The van der Waals surface area contributed by atoms with E-state index in [0.29, 0.717) is 19.1 Å². The Labute approximate surface area is 109 Å². The van der Waals surface area contributed by atoms with Gasteiger partial charge in [0.2, 0.25) is 0 Å². The number of ether oxygens (including phenoxy) is 2. The summed E-state index contributed by atoms with van der Waals surface area (Å²) in [6, 6.07) is 4.18. The van der Waals surface area contributed by atoms with Crippen LogP contribution in [0.1, 0.15) is 35.6 Å². The van der Waals surface area contributed by atoms with Crippen molar-refractivity contribution >= 4 is 0 Å². The van der Waals surface area contributed by atoms with Gasteiger partial charge in [-0.15, -0.1) is 0 Å². The predicted molar refractivity (Wildman–Crippen MR) is 72.9 cm³/mol. The van der Waals surface area contributed by atoms with Gasteiger partial charge in [0.05, 0.1) is 19.8 Å². The van der Waals surface area contributed by atoms with Crippen molar-refractivity contribution in [2.45, 2.75) is 32.8 Å². The van der Waals surface area contributed by atoms with Crippen LogP contribution in [-0.4, -0.2) is 20.3 Å². The van der Waals surface area contributed by atoms with Crippen molar-refractivity contribution in [1.29, 1.82) is 0 Å². The fourth-order valence-corrected chi connectivity index (χ4v) is 2.42. The fourth-order valence-electron chi connectivity index (χ4n) is 2.42. The first kappa shape index (κ1) is 13.4. The average Bonchev–Trinajstić information content (AvgIpc) is 3.19. The van der Waals surface area contributed by atoms with Crippen LogP contribution in [0.25, 0.3) is 0 Å². The van der Waals surface area contributed by atoms with Crippen molar-refractivity contribution < 1.29 is 9.47 Å². The van der Waals surface area contributed by atoms with Gasteiger partial charge < -0.3 is 15.2 Å². The van der Waals surface area contributed by atoms with Gasteiger partial charge in [-0.3, -0.25) is 0 Å². The van der Waals surface area contributed by atoms with Crippen LogP contribution in [0.5, 0.6) is 5.75 Å². The minimum absolute atomic E-state index is 0.207. The molecule has 18 heavy (non-hydrogen) atoms. The van der Waals surface area contributed by atoms with E-state index >= 15 is 0 Å². The number of nitrogens with two attached hydrogens (primary N) is 1. The number of rotatable bonds is 6. The molecule has 1 saturated carbocycles. The maximum absolute atomic E-state index is 5.94. The molecule has 0 heterocycles. The Kier molecular flexibility index (Phi) is 4.25. The molecule has 0 aliphatic heterocycles. The van der Waals surface area contributed by atoms with E-state index in [4.69, 9.17) is 15.2 Å². The van der Waals surface area contributed by atoms with Gasteiger partial charge in [-0.25, -0.2) is 0 Å². The molecule has 1 unspecified atom stereocenters. The lowest BCUT2D eigenvalue weighted by Crippen LogP contribution is -2.15. The third-order valence-corrected chi connectivity index (χ3v) is 3.77. The quantitative estimate of drug-likeness (QED) is 0.843. The van der Waals surface area contributed by atoms with E-state index in [-0.39, 0.29) is 6.10 Å². The molecule has 2 rings (SSSR count). The predicted octanol–water partition coefficient (Wildman–Crippen LogP) is 2.74. The van der Waals surface area contributed by atoms with Gasteiger partial charge in [0, 0.05) is 6.54 Å². The molecule has 3 heteroatoms. The summed E-state index contributed by atoms with van der Waals surface area (Å²) in [6.07, 6.45) is 2.73. The van der Waals surface area contributed by atoms with E-state index in [0.717, 1.165) is 5.75 Å². The molecule has 0 amide bonds. The Bertz CT molecular complexity index is 413. The molecular weight excluding hydrogens is 226 g/mol. The Morgan fingerprint density at radius 1 is 1.28 bits per heavy atom. The van der Waals surface area contributed by atoms with Crippen molar-refractivity contribution in [2.24, 2.45) is 11.7 Å². The molecule has 2 N–H and O–H groups in total. The maximum atomic E-state index is 5.94. The zero-order valence-corrected chi connectivity index (χ0v) is 11.5. The molecule has 1 aromatic carbocycles. The smallest absolute Gasteiger partial charge is 0.122 e. The standard InChI is InChI=1S/C15H23NO2/c1-10-11(2)14(17-3)7-6-13(10)15(12-4-5-12)18-9-8-16/h6-7,12,15H,4-5,8-9,16H2,1-3H3. The molecule has 0 bridgehead atoms. The van der Waals surface area contributed by atoms with Crippen LogP contribution in [-0.2, 0) is 4.74 Å². The first-order chi connectivity index (χ1) is 8.69. The number of hydrogen-bond acceptors (Lipinski definition) is 3. The molecule has 1 fully saturated rings. The minimum Gasteiger partial charge on any atom is -0.496 e. The van der Waals surface area contributed by atoms with Crippen LogP contribution in [0.3, 0.4) is 0 Å². The highest BCUT2D eigenvalue weighted by molar-refractivity contribution is 5.44. The Morgan fingerprint density at radius 3 is 2.56 bits per heavy atom. The van der Waals surface area contributed by atoms with Crippen molar-refractivity contribution in [3.63, 3.8) is 0 Å². The van der Waals surface area contributed by atoms with Crippen LogP contribution in [0.2, 0.25) is 0 Å². The summed E-state index contributed by atoms with van der Waals surface area (Å²) in [5.41, 5.74) is 9.33. The van der Waals surface area contributed by atoms with Crippen LogP contribution < -0.4 is 10.5 Å². The van der Waals surface area contributed by atoms with E-state index in [2.05, 4.69) is 19.9 Å². The monoisotopic (exact) mass is 249 g/mol. The van der Waals surface area contributed by atoms with Crippen LogP contribution in [0.15, 0.2) is 12.1 Å². The van der Waals surface area contributed by atoms with E-state index in [1.165, 1.54) is 29.5 Å². The second kappa shape index (κ2) is 5.72. The summed E-state index contributed by atoms with van der Waals surface area (Å²) in [5.74, 6) is 1.62. The van der Waals surface area contributed by atoms with Gasteiger partial charge in [0.15, 0.2) is 0 Å². The average molecular weight is 249 g/mol. The first-order valence-electron chi connectivity index (χ1n) is 6.64.